The fraction of sp³-hybridized carbons (Fsp3) is 0.444. The number of carbonyl (C=O) groups excluding carboxylic acids is 1. The van der Waals surface area contributed by atoms with E-state index < -0.39 is 0 Å². The largest absolute Gasteiger partial charge is 0.341 e. The average Bonchev–Trinajstić information content (AvgIpc) is 2.94. The number of rotatable bonds is 4. The molecule has 2 aromatic rings. The first-order chi connectivity index (χ1) is 11.2. The van der Waals surface area contributed by atoms with Gasteiger partial charge in [-0.3, -0.25) is 9.69 Å². The van der Waals surface area contributed by atoms with E-state index in [1.807, 2.05) is 22.5 Å². The van der Waals surface area contributed by atoms with Crippen LogP contribution < -0.4 is 0 Å². The number of aromatic nitrogens is 1. The predicted octanol–water partition coefficient (Wildman–Crippen LogP) is 2.73. The van der Waals surface area contributed by atoms with Gasteiger partial charge in [-0.1, -0.05) is 24.3 Å². The Bertz CT molecular complexity index is 641. The van der Waals surface area contributed by atoms with Crippen molar-refractivity contribution in [3.05, 3.63) is 52.0 Å². The molecule has 5 heteroatoms. The predicted molar refractivity (Wildman–Crippen MR) is 93.5 cm³/mol. The molecular weight excluding hydrogens is 306 g/mol. The minimum atomic E-state index is 0.245. The van der Waals surface area contributed by atoms with Gasteiger partial charge < -0.3 is 4.90 Å². The lowest BCUT2D eigenvalue weighted by Crippen LogP contribution is -2.36. The molecule has 2 heterocycles. The van der Waals surface area contributed by atoms with E-state index >= 15 is 0 Å². The molecular formula is C18H23N3OS. The summed E-state index contributed by atoms with van der Waals surface area (Å²) in [6.45, 7) is 6.60. The van der Waals surface area contributed by atoms with E-state index in [9.17, 15) is 4.79 Å². The van der Waals surface area contributed by atoms with Gasteiger partial charge in [0.2, 0.25) is 5.91 Å². The van der Waals surface area contributed by atoms with Gasteiger partial charge >= 0.3 is 0 Å². The van der Waals surface area contributed by atoms with Crippen molar-refractivity contribution in [2.24, 2.45) is 0 Å². The fourth-order valence-electron chi connectivity index (χ4n) is 3.01. The summed E-state index contributed by atoms with van der Waals surface area (Å²) in [6.07, 6.45) is 1.54. The van der Waals surface area contributed by atoms with E-state index in [0.29, 0.717) is 6.42 Å². The Morgan fingerprint density at radius 1 is 1.22 bits per heavy atom. The van der Waals surface area contributed by atoms with Crippen LogP contribution in [0.4, 0.5) is 0 Å². The van der Waals surface area contributed by atoms with Gasteiger partial charge in [-0.15, -0.1) is 11.3 Å². The van der Waals surface area contributed by atoms with Crippen LogP contribution in [0, 0.1) is 6.92 Å². The third kappa shape index (κ3) is 4.39. The molecule has 0 aliphatic carbocycles. The normalized spacial score (nSPS) is 16.3. The Morgan fingerprint density at radius 2 is 2.09 bits per heavy atom. The molecule has 4 nitrogen and oxygen atoms in total. The van der Waals surface area contributed by atoms with Gasteiger partial charge in [-0.25, -0.2) is 4.98 Å². The molecule has 1 amide bonds. The van der Waals surface area contributed by atoms with Crippen LogP contribution in [-0.4, -0.2) is 46.9 Å². The lowest BCUT2D eigenvalue weighted by Gasteiger charge is -2.22. The Morgan fingerprint density at radius 3 is 2.87 bits per heavy atom. The van der Waals surface area contributed by atoms with Crippen molar-refractivity contribution in [2.75, 3.05) is 26.2 Å². The van der Waals surface area contributed by atoms with Crippen LogP contribution in [0.1, 0.15) is 23.2 Å². The zero-order valence-corrected chi connectivity index (χ0v) is 14.4. The summed E-state index contributed by atoms with van der Waals surface area (Å²) in [4.78, 5) is 21.4. The second-order valence-corrected chi connectivity index (χ2v) is 6.81. The standard InChI is InChI=1S/C18H23N3OS/c1-15-5-2-3-6-16(15)11-18(22)21-8-4-7-20(9-10-21)12-17-13-23-14-19-17/h2-3,5-6,13-14H,4,7-12H2,1H3. The summed E-state index contributed by atoms with van der Waals surface area (Å²) in [7, 11) is 0. The third-order valence-electron chi connectivity index (χ3n) is 4.41. The lowest BCUT2D eigenvalue weighted by molar-refractivity contribution is -0.130. The first kappa shape index (κ1) is 16.1. The van der Waals surface area contributed by atoms with Gasteiger partial charge in [-0.2, -0.15) is 0 Å². The number of amides is 1. The zero-order valence-electron chi connectivity index (χ0n) is 13.6. The Hall–Kier alpha value is -1.72. The molecule has 0 saturated carbocycles. The van der Waals surface area contributed by atoms with Crippen LogP contribution in [0.5, 0.6) is 0 Å². The topological polar surface area (TPSA) is 36.4 Å². The zero-order chi connectivity index (χ0) is 16.1. The molecule has 1 aromatic heterocycles. The van der Waals surface area contributed by atoms with Crippen molar-refractivity contribution in [1.82, 2.24) is 14.8 Å². The molecule has 1 aromatic carbocycles. The van der Waals surface area contributed by atoms with Gasteiger partial charge in [0.25, 0.3) is 0 Å². The van der Waals surface area contributed by atoms with Crippen molar-refractivity contribution in [3.8, 4) is 0 Å². The number of thiazole rings is 1. The molecule has 3 rings (SSSR count). The molecule has 1 aliphatic rings. The maximum absolute atomic E-state index is 12.6. The molecule has 0 spiro atoms. The second-order valence-electron chi connectivity index (χ2n) is 6.09. The average molecular weight is 329 g/mol. The molecule has 0 bridgehead atoms. The highest BCUT2D eigenvalue weighted by atomic mass is 32.1. The molecule has 1 aliphatic heterocycles. The lowest BCUT2D eigenvalue weighted by atomic mass is 10.1. The van der Waals surface area contributed by atoms with Crippen LogP contribution >= 0.6 is 11.3 Å². The minimum Gasteiger partial charge on any atom is -0.341 e. The highest BCUT2D eigenvalue weighted by Gasteiger charge is 2.20. The van der Waals surface area contributed by atoms with E-state index in [-0.39, 0.29) is 5.91 Å². The number of nitrogens with zero attached hydrogens (tertiary/aromatic N) is 3. The summed E-state index contributed by atoms with van der Waals surface area (Å²) >= 11 is 1.64. The van der Waals surface area contributed by atoms with Crippen LogP contribution in [-0.2, 0) is 17.8 Å². The summed E-state index contributed by atoms with van der Waals surface area (Å²) in [6, 6.07) is 8.15. The summed E-state index contributed by atoms with van der Waals surface area (Å²) in [5.74, 6) is 0.245. The maximum Gasteiger partial charge on any atom is 0.227 e. The smallest absolute Gasteiger partial charge is 0.227 e. The Kier molecular flexibility index (Phi) is 5.41. The van der Waals surface area contributed by atoms with Crippen molar-refractivity contribution in [2.45, 2.75) is 26.3 Å². The molecule has 122 valence electrons. The SMILES string of the molecule is Cc1ccccc1CC(=O)N1CCCN(Cc2cscn2)CC1. The van der Waals surface area contributed by atoms with E-state index in [1.54, 1.807) is 11.3 Å². The number of aryl methyl sites for hydroxylation is 1. The number of benzene rings is 1. The van der Waals surface area contributed by atoms with Gasteiger partial charge in [-0.05, 0) is 24.5 Å². The van der Waals surface area contributed by atoms with E-state index in [0.717, 1.165) is 50.4 Å². The summed E-state index contributed by atoms with van der Waals surface area (Å²) < 4.78 is 0. The van der Waals surface area contributed by atoms with Crippen molar-refractivity contribution in [1.29, 1.82) is 0 Å². The van der Waals surface area contributed by atoms with Crippen LogP contribution in [0.25, 0.3) is 0 Å². The number of hydrogen-bond donors (Lipinski definition) is 0. The Balaban J connectivity index is 1.55. The van der Waals surface area contributed by atoms with Gasteiger partial charge in [0.05, 0.1) is 17.6 Å². The second kappa shape index (κ2) is 7.70. The minimum absolute atomic E-state index is 0.245. The molecule has 0 radical (unpaired) electrons. The molecule has 1 saturated heterocycles. The first-order valence-corrected chi connectivity index (χ1v) is 9.08. The van der Waals surface area contributed by atoms with E-state index in [4.69, 9.17) is 0 Å². The van der Waals surface area contributed by atoms with Crippen molar-refractivity contribution in [3.63, 3.8) is 0 Å². The van der Waals surface area contributed by atoms with Gasteiger partial charge in [0.15, 0.2) is 0 Å². The molecule has 0 unspecified atom stereocenters. The first-order valence-electron chi connectivity index (χ1n) is 8.14. The molecule has 1 fully saturated rings. The van der Waals surface area contributed by atoms with Crippen molar-refractivity contribution >= 4 is 17.2 Å². The summed E-state index contributed by atoms with van der Waals surface area (Å²) in [5.41, 5.74) is 5.35. The summed E-state index contributed by atoms with van der Waals surface area (Å²) in [5, 5.41) is 2.10. The van der Waals surface area contributed by atoms with Crippen LogP contribution in [0.3, 0.4) is 0 Å². The quantitative estimate of drug-likeness (QED) is 0.865. The van der Waals surface area contributed by atoms with E-state index in [1.165, 1.54) is 5.56 Å². The van der Waals surface area contributed by atoms with Gasteiger partial charge in [0.1, 0.15) is 0 Å². The molecule has 0 N–H and O–H groups in total. The highest BCUT2D eigenvalue weighted by Crippen LogP contribution is 2.13. The Labute approximate surface area is 141 Å². The number of carbonyl (C=O) groups is 1. The maximum atomic E-state index is 12.6. The molecule has 23 heavy (non-hydrogen) atoms. The fourth-order valence-corrected chi connectivity index (χ4v) is 3.56. The number of hydrogen-bond acceptors (Lipinski definition) is 4. The highest BCUT2D eigenvalue weighted by molar-refractivity contribution is 7.07. The van der Waals surface area contributed by atoms with Gasteiger partial charge in [0, 0.05) is 38.1 Å². The monoisotopic (exact) mass is 329 g/mol. The van der Waals surface area contributed by atoms with Crippen LogP contribution in [0.2, 0.25) is 0 Å². The van der Waals surface area contributed by atoms with Crippen molar-refractivity contribution < 1.29 is 4.79 Å². The molecule has 0 atom stereocenters. The van der Waals surface area contributed by atoms with E-state index in [2.05, 4.69) is 34.3 Å². The van der Waals surface area contributed by atoms with Crippen LogP contribution in [0.15, 0.2) is 35.2 Å². The third-order valence-corrected chi connectivity index (χ3v) is 5.05.